The number of aliphatic carboxylic acids is 1. The molecule has 7 nitrogen and oxygen atoms in total. The zero-order chi connectivity index (χ0) is 23.3. The van der Waals surface area contributed by atoms with Gasteiger partial charge in [-0.2, -0.15) is 0 Å². The van der Waals surface area contributed by atoms with Gasteiger partial charge in [-0.15, -0.1) is 0 Å². The van der Waals surface area contributed by atoms with Crippen LogP contribution in [0.2, 0.25) is 0 Å². The van der Waals surface area contributed by atoms with E-state index in [0.717, 1.165) is 22.3 Å². The molecule has 1 unspecified atom stereocenters. The summed E-state index contributed by atoms with van der Waals surface area (Å²) in [7, 11) is 0. The number of carbonyl (C=O) groups excluding carboxylic acids is 2. The van der Waals surface area contributed by atoms with Gasteiger partial charge in [0.05, 0.1) is 0 Å². The summed E-state index contributed by atoms with van der Waals surface area (Å²) in [5.74, 6) is -1.58. The van der Waals surface area contributed by atoms with Crippen LogP contribution in [-0.2, 0) is 14.3 Å². The number of fused-ring (bicyclic) bond motifs is 3. The van der Waals surface area contributed by atoms with Crippen molar-refractivity contribution in [3.8, 4) is 11.1 Å². The number of nitrogens with one attached hydrogen (secondary N) is 2. The summed E-state index contributed by atoms with van der Waals surface area (Å²) in [6.45, 7) is 5.65. The first-order valence-electron chi connectivity index (χ1n) is 11.0. The van der Waals surface area contributed by atoms with Crippen LogP contribution in [0.25, 0.3) is 11.1 Å². The van der Waals surface area contributed by atoms with E-state index in [2.05, 4.69) is 34.9 Å². The van der Waals surface area contributed by atoms with Gasteiger partial charge in [0.15, 0.2) is 0 Å². The molecule has 0 aliphatic heterocycles. The van der Waals surface area contributed by atoms with Gasteiger partial charge >= 0.3 is 12.1 Å². The maximum atomic E-state index is 12.5. The molecule has 32 heavy (non-hydrogen) atoms. The van der Waals surface area contributed by atoms with Gasteiger partial charge in [0.25, 0.3) is 0 Å². The van der Waals surface area contributed by atoms with Crippen molar-refractivity contribution in [3.63, 3.8) is 0 Å². The number of carboxylic acid groups (broad SMARTS) is 1. The highest BCUT2D eigenvalue weighted by Crippen LogP contribution is 2.44. The fraction of sp³-hybridized carbons (Fsp3) is 0.400. The van der Waals surface area contributed by atoms with E-state index in [0.29, 0.717) is 0 Å². The number of carbonyl (C=O) groups is 3. The SMILES string of the molecule is CCC(NC(=O)C[C@@H](NC(=O)OCC1c2ccccc2-c2ccccc21)C(C)C)C(=O)O. The predicted molar refractivity (Wildman–Crippen MR) is 121 cm³/mol. The number of carboxylic acids is 1. The molecule has 3 N–H and O–H groups in total. The maximum absolute atomic E-state index is 12.5. The quantitative estimate of drug-likeness (QED) is 0.550. The van der Waals surface area contributed by atoms with E-state index < -0.39 is 30.1 Å². The smallest absolute Gasteiger partial charge is 0.407 e. The van der Waals surface area contributed by atoms with Crippen LogP contribution in [0.15, 0.2) is 48.5 Å². The van der Waals surface area contributed by atoms with Crippen LogP contribution in [0.1, 0.15) is 50.7 Å². The minimum Gasteiger partial charge on any atom is -0.480 e. The van der Waals surface area contributed by atoms with Crippen LogP contribution in [-0.4, -0.2) is 41.8 Å². The summed E-state index contributed by atoms with van der Waals surface area (Å²) in [6.07, 6.45) is -0.331. The van der Waals surface area contributed by atoms with E-state index in [1.165, 1.54) is 0 Å². The topological polar surface area (TPSA) is 105 Å². The van der Waals surface area contributed by atoms with Crippen LogP contribution >= 0.6 is 0 Å². The summed E-state index contributed by atoms with van der Waals surface area (Å²) in [6, 6.07) is 14.8. The summed E-state index contributed by atoms with van der Waals surface area (Å²) in [4.78, 5) is 36.0. The van der Waals surface area contributed by atoms with Crippen LogP contribution in [0.3, 0.4) is 0 Å². The molecule has 2 aromatic rings. The molecule has 7 heteroatoms. The molecule has 1 aliphatic rings. The van der Waals surface area contributed by atoms with Crippen molar-refractivity contribution in [1.82, 2.24) is 10.6 Å². The minimum atomic E-state index is -1.08. The summed E-state index contributed by atoms with van der Waals surface area (Å²) < 4.78 is 5.57. The molecule has 0 spiro atoms. The van der Waals surface area contributed by atoms with Crippen molar-refractivity contribution in [2.24, 2.45) is 5.92 Å². The van der Waals surface area contributed by atoms with Gasteiger partial charge in [0.2, 0.25) is 5.91 Å². The lowest BCUT2D eigenvalue weighted by Crippen LogP contribution is -2.46. The Morgan fingerprint density at radius 2 is 1.53 bits per heavy atom. The minimum absolute atomic E-state index is 0.0222. The molecule has 2 atom stereocenters. The maximum Gasteiger partial charge on any atom is 0.407 e. The number of rotatable bonds is 9. The van der Waals surface area contributed by atoms with Crippen molar-refractivity contribution in [2.45, 2.75) is 51.6 Å². The lowest BCUT2D eigenvalue weighted by molar-refractivity contribution is -0.142. The molecule has 1 aliphatic carbocycles. The van der Waals surface area contributed by atoms with Crippen LogP contribution in [0.4, 0.5) is 4.79 Å². The van der Waals surface area contributed by atoms with Gasteiger partial charge in [-0.3, -0.25) is 4.79 Å². The monoisotopic (exact) mass is 438 g/mol. The summed E-state index contributed by atoms with van der Waals surface area (Å²) in [5, 5.41) is 14.4. The van der Waals surface area contributed by atoms with Crippen molar-refractivity contribution >= 4 is 18.0 Å². The first-order chi connectivity index (χ1) is 15.3. The molecule has 0 bridgehead atoms. The second kappa shape index (κ2) is 10.3. The third-order valence-corrected chi connectivity index (χ3v) is 5.90. The Hall–Kier alpha value is -3.35. The third-order valence-electron chi connectivity index (χ3n) is 5.90. The second-order valence-corrected chi connectivity index (χ2v) is 8.39. The number of hydrogen-bond donors (Lipinski definition) is 3. The molecule has 170 valence electrons. The highest BCUT2D eigenvalue weighted by Gasteiger charge is 2.30. The highest BCUT2D eigenvalue weighted by molar-refractivity contribution is 5.84. The number of amides is 2. The van der Waals surface area contributed by atoms with Gasteiger partial charge in [-0.05, 0) is 34.6 Å². The number of alkyl carbamates (subject to hydrolysis) is 1. The predicted octanol–water partition coefficient (Wildman–Crippen LogP) is 3.92. The molecule has 0 saturated carbocycles. The van der Waals surface area contributed by atoms with Gasteiger partial charge in [-0.1, -0.05) is 69.3 Å². The first kappa shape index (κ1) is 23.3. The zero-order valence-electron chi connectivity index (χ0n) is 18.6. The average molecular weight is 439 g/mol. The Morgan fingerprint density at radius 3 is 2.03 bits per heavy atom. The van der Waals surface area contributed by atoms with E-state index >= 15 is 0 Å². The Labute approximate surface area is 188 Å². The van der Waals surface area contributed by atoms with Crippen molar-refractivity contribution in [2.75, 3.05) is 6.61 Å². The first-order valence-corrected chi connectivity index (χ1v) is 11.0. The normalized spacial score (nSPS) is 14.2. The summed E-state index contributed by atoms with van der Waals surface area (Å²) in [5.41, 5.74) is 4.55. The van der Waals surface area contributed by atoms with E-state index in [1.54, 1.807) is 6.92 Å². The van der Waals surface area contributed by atoms with Crippen LogP contribution in [0, 0.1) is 5.92 Å². The van der Waals surface area contributed by atoms with E-state index in [-0.39, 0.29) is 31.3 Å². The van der Waals surface area contributed by atoms with E-state index in [4.69, 9.17) is 9.84 Å². The highest BCUT2D eigenvalue weighted by atomic mass is 16.5. The zero-order valence-corrected chi connectivity index (χ0v) is 18.6. The van der Waals surface area contributed by atoms with E-state index in [1.807, 2.05) is 38.1 Å². The van der Waals surface area contributed by atoms with Gasteiger partial charge in [0, 0.05) is 18.4 Å². The van der Waals surface area contributed by atoms with Gasteiger partial charge < -0.3 is 20.5 Å². The lowest BCUT2D eigenvalue weighted by atomic mass is 9.98. The Bertz CT molecular complexity index is 942. The molecule has 0 fully saturated rings. The molecule has 2 aromatic carbocycles. The lowest BCUT2D eigenvalue weighted by Gasteiger charge is -2.23. The largest absolute Gasteiger partial charge is 0.480 e. The van der Waals surface area contributed by atoms with Crippen molar-refractivity contribution in [3.05, 3.63) is 59.7 Å². The molecule has 2 amide bonds. The third kappa shape index (κ3) is 5.28. The average Bonchev–Trinajstić information content (AvgIpc) is 3.09. The molecule has 0 radical (unpaired) electrons. The Kier molecular flexibility index (Phi) is 7.51. The molecule has 0 saturated heterocycles. The van der Waals surface area contributed by atoms with Crippen molar-refractivity contribution < 1.29 is 24.2 Å². The van der Waals surface area contributed by atoms with Crippen LogP contribution < -0.4 is 10.6 Å². The van der Waals surface area contributed by atoms with Crippen LogP contribution in [0.5, 0.6) is 0 Å². The molecule has 0 heterocycles. The molecule has 3 rings (SSSR count). The van der Waals surface area contributed by atoms with Gasteiger partial charge in [0.1, 0.15) is 12.6 Å². The summed E-state index contributed by atoms with van der Waals surface area (Å²) >= 11 is 0. The molecule has 0 aromatic heterocycles. The number of hydrogen-bond acceptors (Lipinski definition) is 4. The molecular weight excluding hydrogens is 408 g/mol. The van der Waals surface area contributed by atoms with Gasteiger partial charge in [-0.25, -0.2) is 9.59 Å². The number of benzene rings is 2. The van der Waals surface area contributed by atoms with E-state index in [9.17, 15) is 14.4 Å². The Morgan fingerprint density at radius 1 is 0.969 bits per heavy atom. The number of ether oxygens (including phenoxy) is 1. The molecular formula is C25H30N2O5. The second-order valence-electron chi connectivity index (χ2n) is 8.39. The fourth-order valence-electron chi connectivity index (χ4n) is 4.04. The fourth-order valence-corrected chi connectivity index (χ4v) is 4.04. The Balaban J connectivity index is 1.61. The van der Waals surface area contributed by atoms with Crippen molar-refractivity contribution in [1.29, 1.82) is 0 Å². The standard InChI is InChI=1S/C25H30N2O5/c1-4-21(24(29)30)26-23(28)13-22(15(2)3)27-25(31)32-14-20-18-11-7-5-9-16(18)17-10-6-8-12-19(17)20/h5-12,15,20-22H,4,13-14H2,1-3H3,(H,26,28)(H,27,31)(H,29,30)/t21?,22-/m1/s1.